The number of halogens is 1. The fourth-order valence-electron chi connectivity index (χ4n) is 4.42. The summed E-state index contributed by atoms with van der Waals surface area (Å²) in [5.41, 5.74) is 2.55. The van der Waals surface area contributed by atoms with Gasteiger partial charge in [-0.1, -0.05) is 61.1 Å². The van der Waals surface area contributed by atoms with Gasteiger partial charge in [0.1, 0.15) is 23.2 Å². The lowest BCUT2D eigenvalue weighted by atomic mass is 9.81. The Morgan fingerprint density at radius 2 is 1.91 bits per heavy atom. The fraction of sp³-hybridized carbons (Fsp3) is 0.407. The van der Waals surface area contributed by atoms with Gasteiger partial charge in [-0.3, -0.25) is 5.32 Å². The summed E-state index contributed by atoms with van der Waals surface area (Å²) in [5, 5.41) is 7.35. The number of nitrogens with one attached hydrogen (secondary N) is 1. The van der Waals surface area contributed by atoms with Crippen molar-refractivity contribution in [1.29, 1.82) is 0 Å². The highest BCUT2D eigenvalue weighted by atomic mass is 35.5. The zero-order valence-electron chi connectivity index (χ0n) is 19.8. The van der Waals surface area contributed by atoms with E-state index in [9.17, 15) is 4.79 Å². The summed E-state index contributed by atoms with van der Waals surface area (Å²) >= 11 is 6.22. The Labute approximate surface area is 205 Å². The van der Waals surface area contributed by atoms with Crippen LogP contribution in [0.2, 0.25) is 5.02 Å². The Morgan fingerprint density at radius 3 is 2.65 bits per heavy atom. The molecule has 1 aromatic heterocycles. The highest BCUT2D eigenvalue weighted by Crippen LogP contribution is 2.34. The molecule has 3 atom stereocenters. The molecular weight excluding hydrogens is 452 g/mol. The van der Waals surface area contributed by atoms with Gasteiger partial charge in [-0.25, -0.2) is 4.79 Å². The molecule has 2 aromatic carbocycles. The number of ether oxygens (including phenoxy) is 2. The van der Waals surface area contributed by atoms with E-state index in [2.05, 4.69) is 17.4 Å². The van der Waals surface area contributed by atoms with E-state index < -0.39 is 12.2 Å². The van der Waals surface area contributed by atoms with E-state index in [1.54, 1.807) is 19.9 Å². The van der Waals surface area contributed by atoms with Crippen LogP contribution in [0.3, 0.4) is 0 Å². The Balaban J connectivity index is 1.40. The third-order valence-corrected chi connectivity index (χ3v) is 6.93. The zero-order valence-corrected chi connectivity index (χ0v) is 20.6. The maximum atomic E-state index is 12.6. The van der Waals surface area contributed by atoms with Crippen LogP contribution in [0.4, 0.5) is 10.5 Å². The standard InChI is InChI=1S/C27H31ClN2O4/c1-17-8-4-5-9-21(17)16-32-22-14-12-20(13-15-22)26-25(18(2)30-34-26)29-27(31)33-19(3)23-10-6-7-11-24(23)28/h6-7,10-15,17,19,21H,4-5,8-9,16H2,1-3H3,(H,29,31)/t17?,19-,21?/m1/s1. The number of hydrogen-bond donors (Lipinski definition) is 1. The average Bonchev–Trinajstić information content (AvgIpc) is 3.19. The van der Waals surface area contributed by atoms with Gasteiger partial charge in [0.05, 0.1) is 6.61 Å². The molecule has 34 heavy (non-hydrogen) atoms. The van der Waals surface area contributed by atoms with Gasteiger partial charge in [-0.2, -0.15) is 0 Å². The molecule has 7 heteroatoms. The van der Waals surface area contributed by atoms with Crippen molar-refractivity contribution >= 4 is 23.4 Å². The molecule has 1 aliphatic rings. The van der Waals surface area contributed by atoms with Crippen molar-refractivity contribution in [2.45, 2.75) is 52.6 Å². The number of aryl methyl sites for hydroxylation is 1. The van der Waals surface area contributed by atoms with Crippen molar-refractivity contribution < 1.29 is 18.8 Å². The highest BCUT2D eigenvalue weighted by molar-refractivity contribution is 6.31. The van der Waals surface area contributed by atoms with Crippen molar-refractivity contribution in [2.24, 2.45) is 11.8 Å². The Kier molecular flexibility index (Phi) is 7.78. The van der Waals surface area contributed by atoms with E-state index in [-0.39, 0.29) is 0 Å². The van der Waals surface area contributed by atoms with Crippen LogP contribution in [0.15, 0.2) is 53.1 Å². The van der Waals surface area contributed by atoms with Gasteiger partial charge in [0.2, 0.25) is 0 Å². The molecule has 180 valence electrons. The summed E-state index contributed by atoms with van der Waals surface area (Å²) in [4.78, 5) is 12.6. The van der Waals surface area contributed by atoms with Crippen LogP contribution < -0.4 is 10.1 Å². The molecule has 6 nitrogen and oxygen atoms in total. The van der Waals surface area contributed by atoms with Crippen LogP contribution in [0.25, 0.3) is 11.3 Å². The number of benzene rings is 2. The second-order valence-corrected chi connectivity index (χ2v) is 9.43. The molecule has 3 aromatic rings. The first-order chi connectivity index (χ1) is 16.4. The second kappa shape index (κ2) is 11.0. The molecule has 1 aliphatic carbocycles. The van der Waals surface area contributed by atoms with Gasteiger partial charge in [-0.15, -0.1) is 0 Å². The minimum atomic E-state index is -0.610. The fourth-order valence-corrected chi connectivity index (χ4v) is 4.71. The number of amides is 1. The largest absolute Gasteiger partial charge is 0.493 e. The minimum Gasteiger partial charge on any atom is -0.493 e. The molecule has 1 N–H and O–H groups in total. The van der Waals surface area contributed by atoms with Gasteiger partial charge < -0.3 is 14.0 Å². The molecule has 1 heterocycles. The smallest absolute Gasteiger partial charge is 0.412 e. The molecule has 0 saturated heterocycles. The molecule has 0 spiro atoms. The first-order valence-corrected chi connectivity index (χ1v) is 12.2. The van der Waals surface area contributed by atoms with Crippen LogP contribution in [0.5, 0.6) is 5.75 Å². The van der Waals surface area contributed by atoms with E-state index in [4.69, 9.17) is 25.6 Å². The molecule has 4 rings (SSSR count). The maximum absolute atomic E-state index is 12.6. The number of rotatable bonds is 7. The summed E-state index contributed by atoms with van der Waals surface area (Å²) in [6.45, 7) is 6.60. The zero-order chi connectivity index (χ0) is 24.1. The van der Waals surface area contributed by atoms with Crippen molar-refractivity contribution in [3.8, 4) is 17.1 Å². The summed E-state index contributed by atoms with van der Waals surface area (Å²) in [5.74, 6) is 2.60. The highest BCUT2D eigenvalue weighted by Gasteiger charge is 2.23. The first-order valence-electron chi connectivity index (χ1n) is 11.8. The molecular formula is C27H31ClN2O4. The minimum absolute atomic E-state index is 0.465. The predicted octanol–water partition coefficient (Wildman–Crippen LogP) is 7.82. The lowest BCUT2D eigenvalue weighted by molar-refractivity contribution is 0.121. The van der Waals surface area contributed by atoms with E-state index in [1.165, 1.54) is 25.7 Å². The topological polar surface area (TPSA) is 73.6 Å². The van der Waals surface area contributed by atoms with Crippen molar-refractivity contribution in [3.05, 3.63) is 64.8 Å². The van der Waals surface area contributed by atoms with Gasteiger partial charge in [-0.05, 0) is 62.4 Å². The van der Waals surface area contributed by atoms with E-state index in [0.717, 1.165) is 23.5 Å². The van der Waals surface area contributed by atoms with Crippen LogP contribution in [-0.4, -0.2) is 17.9 Å². The summed E-state index contributed by atoms with van der Waals surface area (Å²) < 4.78 is 17.1. The third kappa shape index (κ3) is 5.73. The van der Waals surface area contributed by atoms with E-state index in [0.29, 0.717) is 34.0 Å². The van der Waals surface area contributed by atoms with Crippen LogP contribution in [0, 0.1) is 18.8 Å². The van der Waals surface area contributed by atoms with Crippen LogP contribution in [0.1, 0.15) is 56.9 Å². The predicted molar refractivity (Wildman–Crippen MR) is 133 cm³/mol. The van der Waals surface area contributed by atoms with Crippen molar-refractivity contribution in [1.82, 2.24) is 5.16 Å². The monoisotopic (exact) mass is 482 g/mol. The number of aromatic nitrogens is 1. The number of carbonyl (C=O) groups excluding carboxylic acids is 1. The third-order valence-electron chi connectivity index (χ3n) is 6.59. The normalized spacial score (nSPS) is 18.8. The molecule has 0 aliphatic heterocycles. The van der Waals surface area contributed by atoms with E-state index in [1.807, 2.05) is 42.5 Å². The number of hydrogen-bond acceptors (Lipinski definition) is 5. The van der Waals surface area contributed by atoms with Crippen molar-refractivity contribution in [2.75, 3.05) is 11.9 Å². The van der Waals surface area contributed by atoms with Gasteiger partial charge in [0.15, 0.2) is 5.76 Å². The molecule has 1 fully saturated rings. The quantitative estimate of drug-likeness (QED) is 0.371. The maximum Gasteiger partial charge on any atom is 0.412 e. The van der Waals surface area contributed by atoms with Gasteiger partial charge in [0, 0.05) is 16.1 Å². The Bertz CT molecular complexity index is 1110. The first kappa shape index (κ1) is 24.1. The Morgan fingerprint density at radius 1 is 1.18 bits per heavy atom. The van der Waals surface area contributed by atoms with Crippen LogP contribution in [-0.2, 0) is 4.74 Å². The molecule has 0 radical (unpaired) electrons. The summed E-state index contributed by atoms with van der Waals surface area (Å²) in [6, 6.07) is 14.9. The summed E-state index contributed by atoms with van der Waals surface area (Å²) in [6.07, 6.45) is 4.01. The van der Waals surface area contributed by atoms with Crippen molar-refractivity contribution in [3.63, 3.8) is 0 Å². The van der Waals surface area contributed by atoms with Crippen LogP contribution >= 0.6 is 11.6 Å². The lowest BCUT2D eigenvalue weighted by Gasteiger charge is -2.28. The number of anilines is 1. The van der Waals surface area contributed by atoms with Gasteiger partial charge >= 0.3 is 6.09 Å². The lowest BCUT2D eigenvalue weighted by Crippen LogP contribution is -2.23. The molecule has 0 bridgehead atoms. The molecule has 2 unspecified atom stereocenters. The average molecular weight is 483 g/mol. The summed E-state index contributed by atoms with van der Waals surface area (Å²) in [7, 11) is 0. The molecule has 1 amide bonds. The molecule has 1 saturated carbocycles. The van der Waals surface area contributed by atoms with Gasteiger partial charge in [0.25, 0.3) is 0 Å². The number of nitrogens with zero attached hydrogens (tertiary/aromatic N) is 1. The SMILES string of the molecule is Cc1noc(-c2ccc(OCC3CCCCC3C)cc2)c1NC(=O)O[C@H](C)c1ccccc1Cl. The van der Waals surface area contributed by atoms with E-state index >= 15 is 0 Å². The Hall–Kier alpha value is -2.99. The second-order valence-electron chi connectivity index (χ2n) is 9.02. The number of carbonyl (C=O) groups is 1.